The highest BCUT2D eigenvalue weighted by molar-refractivity contribution is 7.00. The third-order valence-corrected chi connectivity index (χ3v) is 30.1. The molecular weight excluding hydrogens is 1820 g/mol. The molecule has 0 spiro atoms. The van der Waals surface area contributed by atoms with E-state index in [0.29, 0.717) is 41.2 Å². The maximum absolute atomic E-state index is 6.45. The molecule has 0 atom stereocenters. The minimum Gasteiger partial charge on any atom is -0.456 e. The molecule has 20 aromatic carbocycles. The summed E-state index contributed by atoms with van der Waals surface area (Å²) >= 11 is 1.26. The van der Waals surface area contributed by atoms with Crippen molar-refractivity contribution in [1.82, 2.24) is 38.6 Å². The lowest BCUT2D eigenvalue weighted by molar-refractivity contribution is 0.668. The smallest absolute Gasteiger partial charge is 0.243 e. The molecule has 0 saturated heterocycles. The van der Waals surface area contributed by atoms with Crippen molar-refractivity contribution in [3.8, 4) is 146 Å². The van der Waals surface area contributed by atoms with Crippen molar-refractivity contribution >= 4 is 212 Å². The van der Waals surface area contributed by atoms with Crippen LogP contribution in [0.5, 0.6) is 0 Å². The molecule has 28 aromatic rings. The molecule has 674 valence electrons. The van der Waals surface area contributed by atoms with Gasteiger partial charge in [-0.2, -0.15) is 18.7 Å². The number of para-hydroxylation sites is 4. The quantitative estimate of drug-likeness (QED) is 0.142. The van der Waals surface area contributed by atoms with Crippen LogP contribution in [0.4, 0.5) is 0 Å². The molecule has 0 radical (unpaired) electrons. The average molecular weight is 1880 g/mol. The van der Waals surface area contributed by atoms with Gasteiger partial charge in [0.05, 0.1) is 28.5 Å². The van der Waals surface area contributed by atoms with E-state index < -0.39 is 0 Å². The van der Waals surface area contributed by atoms with Crippen molar-refractivity contribution in [3.63, 3.8) is 0 Å². The lowest BCUT2D eigenvalue weighted by atomic mass is 9.89. The fraction of sp³-hybridized carbons (Fsp3) is 0. The average Bonchev–Trinajstić information content (AvgIpc) is 1.55. The maximum Gasteiger partial charge on any atom is 0.243 e. The van der Waals surface area contributed by atoms with E-state index in [0.717, 1.165) is 182 Å². The molecule has 8 aromatic heterocycles. The van der Waals surface area contributed by atoms with Crippen LogP contribution < -0.4 is 0 Å². The second kappa shape index (κ2) is 30.8. The first-order valence-electron chi connectivity index (χ1n) is 48.4. The lowest BCUT2D eigenvalue weighted by Crippen LogP contribution is -2.46. The number of aromatic nitrogens is 7. The van der Waals surface area contributed by atoms with Gasteiger partial charge in [-0.15, -0.1) is 0 Å². The minimum absolute atomic E-state index is 0.438. The first-order valence-corrected chi connectivity index (χ1v) is 49.1. The Bertz CT molecular complexity index is 10900. The minimum atomic E-state index is 0.438. The van der Waals surface area contributed by atoms with E-state index in [-0.39, 0.29) is 0 Å². The molecule has 35 rings (SSSR count). The molecular formula is C127H66N14O4S. The predicted octanol–water partition coefficient (Wildman–Crippen LogP) is 32.4. The Morgan fingerprint density at radius 2 is 0.664 bits per heavy atom. The Morgan fingerprint density at radius 1 is 0.226 bits per heavy atom. The summed E-state index contributed by atoms with van der Waals surface area (Å²) < 4.78 is 34.4. The Kier molecular flexibility index (Phi) is 16.9. The molecule has 3 aliphatic heterocycles. The van der Waals surface area contributed by atoms with Crippen LogP contribution in [0.2, 0.25) is 0 Å². The SMILES string of the molecule is C1=NC2=NC=NC3=NC(c4c5c(cc6oc7ccccc7c46)-c4cccc6cccc-5c46)=NC(=N1)N23.c1cc2c3c(cccc3c1)-c1c-2cc2oc3ccccc3c2c1-c1ccc2ccc3cccnc3c2n1.c1cc2c3c(cccc3c1)-c1c-2cc2oc3ccccc3c2c1-c1ccc2nsnc2c1.c1ccc(-c2nc(-c3ccccc3)nc(-c3cc4c5c(cccc5c3)-c3cc5oc6ccccc6c5cc3-4)n2)cc1. The second-order valence-corrected chi connectivity index (χ2v) is 38.0. The number of rotatable bonds is 6. The third kappa shape index (κ3) is 11.9. The van der Waals surface area contributed by atoms with Crippen molar-refractivity contribution in [2.75, 3.05) is 0 Å². The summed E-state index contributed by atoms with van der Waals surface area (Å²) in [6.45, 7) is 0. The van der Waals surface area contributed by atoms with Crippen LogP contribution >= 0.6 is 11.7 Å². The van der Waals surface area contributed by atoms with E-state index in [9.17, 15) is 0 Å². The van der Waals surface area contributed by atoms with Gasteiger partial charge in [0.1, 0.15) is 68.4 Å². The van der Waals surface area contributed by atoms with Crippen molar-refractivity contribution < 1.29 is 17.7 Å². The number of furan rings is 4. The van der Waals surface area contributed by atoms with Gasteiger partial charge in [-0.1, -0.05) is 291 Å². The van der Waals surface area contributed by atoms with Crippen molar-refractivity contribution in [3.05, 3.63) is 394 Å². The Hall–Kier alpha value is -19.9. The zero-order chi connectivity index (χ0) is 95.2. The predicted molar refractivity (Wildman–Crippen MR) is 592 cm³/mol. The third-order valence-electron chi connectivity index (χ3n) is 29.6. The number of guanidine groups is 3. The fourth-order valence-corrected chi connectivity index (χ4v) is 24.0. The number of aliphatic imine (C=N–C) groups is 6. The molecule has 0 fully saturated rings. The normalized spacial score (nSPS) is 13.3. The van der Waals surface area contributed by atoms with Crippen molar-refractivity contribution in [1.29, 1.82) is 0 Å². The van der Waals surface area contributed by atoms with Gasteiger partial charge in [-0.3, -0.25) is 4.98 Å². The summed E-state index contributed by atoms with van der Waals surface area (Å²) in [5.74, 6) is 3.83. The largest absolute Gasteiger partial charge is 0.456 e. The molecule has 0 amide bonds. The van der Waals surface area contributed by atoms with Crippen LogP contribution in [-0.4, -0.2) is 75.0 Å². The molecule has 11 heterocycles. The molecule has 0 bridgehead atoms. The summed E-state index contributed by atoms with van der Waals surface area (Å²) in [5.41, 5.74) is 38.3. The van der Waals surface area contributed by atoms with Gasteiger partial charge in [-0.05, 0) is 218 Å². The van der Waals surface area contributed by atoms with Crippen molar-refractivity contribution in [2.24, 2.45) is 30.0 Å². The zero-order valence-corrected chi connectivity index (χ0v) is 77.7. The molecule has 146 heavy (non-hydrogen) atoms. The van der Waals surface area contributed by atoms with Gasteiger partial charge in [0, 0.05) is 105 Å². The van der Waals surface area contributed by atoms with Crippen LogP contribution in [0.15, 0.2) is 436 Å². The van der Waals surface area contributed by atoms with E-state index >= 15 is 0 Å². The molecule has 18 nitrogen and oxygen atoms in total. The standard InChI is InChI=1S/C37H21N3O.C34H18N2O.C28H13N7O.C28H14N2OS/c1-3-10-22(11-4-1)35-38-36(23-12-5-2-6-13-23)40-37(39-35)25-18-24-14-9-16-27-29-21-33-30(20-28(29)31(19-25)34(24)27)26-15-7-8-17-32(26)41-33;1-2-12-27-23(9-1)31-28(37-27)18-25-22-10-3-6-19-7-4-11-24(29(19)22)30(25)32(31)26-16-15-21-14-13-20-8-5-17-35-33(20)34(21)36-26;1-2-10-19-16(7-1)23-20(36-19)11-18-15-8-3-5-14-6-4-9-17(21(14)15)22(18)24(23)25-33-27-31-12-29-26-30-13-32-28(34-25)35(26)27;1-2-10-23-18(7-1)28-24(31-23)14-20-17-8-3-5-15-6-4-9-19(25(15)17)27(20)26(28)16-11-12-21-22(13-16)30-32-29-21/h1-21H;1-18H;1-13H;1-14H. The Balaban J connectivity index is 0.0000000870. The number of benzene rings is 20. The number of fused-ring (bicyclic) bond motifs is 28. The van der Waals surface area contributed by atoms with Crippen LogP contribution in [0.1, 0.15) is 5.56 Å². The summed E-state index contributed by atoms with van der Waals surface area (Å²) in [5, 5.41) is 20.9. The Labute approximate surface area is 831 Å². The maximum atomic E-state index is 6.45. The molecule has 0 unspecified atom stereocenters. The summed E-state index contributed by atoms with van der Waals surface area (Å²) in [7, 11) is 0. The highest BCUT2D eigenvalue weighted by Gasteiger charge is 2.39. The van der Waals surface area contributed by atoms with Gasteiger partial charge >= 0.3 is 0 Å². The van der Waals surface area contributed by atoms with Gasteiger partial charge in [0.2, 0.25) is 17.9 Å². The number of amidine groups is 1. The summed E-state index contributed by atoms with van der Waals surface area (Å²) in [6.07, 6.45) is 4.76. The van der Waals surface area contributed by atoms with E-state index in [1.807, 2.05) is 128 Å². The Morgan fingerprint density at radius 3 is 1.25 bits per heavy atom. The van der Waals surface area contributed by atoms with Gasteiger partial charge in [-0.25, -0.2) is 44.8 Å². The molecule has 0 saturated carbocycles. The monoisotopic (exact) mass is 1880 g/mol. The van der Waals surface area contributed by atoms with Crippen LogP contribution in [0.3, 0.4) is 0 Å². The van der Waals surface area contributed by atoms with Crippen LogP contribution in [0.25, 0.3) is 309 Å². The van der Waals surface area contributed by atoms with Crippen LogP contribution in [0, 0.1) is 0 Å². The van der Waals surface area contributed by atoms with Crippen molar-refractivity contribution in [2.45, 2.75) is 0 Å². The van der Waals surface area contributed by atoms with E-state index in [1.54, 1.807) is 4.90 Å². The first-order chi connectivity index (χ1) is 72.4. The fourth-order valence-electron chi connectivity index (χ4n) is 23.5. The molecule has 19 heteroatoms. The zero-order valence-electron chi connectivity index (χ0n) is 76.9. The number of hydrogen-bond donors (Lipinski definition) is 0. The second-order valence-electron chi connectivity index (χ2n) is 37.4. The van der Waals surface area contributed by atoms with E-state index in [2.05, 4.69) is 290 Å². The van der Waals surface area contributed by atoms with Gasteiger partial charge < -0.3 is 17.7 Å². The first kappa shape index (κ1) is 80.0. The number of hydrogen-bond acceptors (Lipinski definition) is 19. The lowest BCUT2D eigenvalue weighted by Gasteiger charge is -2.28. The summed E-state index contributed by atoms with van der Waals surface area (Å²) in [6, 6.07) is 133. The highest BCUT2D eigenvalue weighted by Crippen LogP contribution is 2.60. The van der Waals surface area contributed by atoms with E-state index in [1.165, 1.54) is 140 Å². The highest BCUT2D eigenvalue weighted by atomic mass is 32.1. The summed E-state index contributed by atoms with van der Waals surface area (Å²) in [4.78, 5) is 53.7. The van der Waals surface area contributed by atoms with Crippen LogP contribution in [-0.2, 0) is 0 Å². The molecule has 4 aliphatic carbocycles. The molecule has 7 aliphatic rings. The van der Waals surface area contributed by atoms with Gasteiger partial charge in [0.15, 0.2) is 23.3 Å². The number of nitrogens with zero attached hydrogens (tertiary/aromatic N) is 14. The number of pyridine rings is 2. The van der Waals surface area contributed by atoms with E-state index in [4.69, 9.17) is 52.6 Å². The van der Waals surface area contributed by atoms with Gasteiger partial charge in [0.25, 0.3) is 0 Å². The molecule has 0 N–H and O–H groups in total. The topological polar surface area (TPSA) is 220 Å².